The highest BCUT2D eigenvalue weighted by atomic mass is 79.9. The van der Waals surface area contributed by atoms with Crippen molar-refractivity contribution in [1.82, 2.24) is 0 Å². The monoisotopic (exact) mass is 286 g/mol. The van der Waals surface area contributed by atoms with Gasteiger partial charge in [0.05, 0.1) is 4.88 Å². The predicted octanol–water partition coefficient (Wildman–Crippen LogP) is 4.66. The molecule has 0 radical (unpaired) electrons. The van der Waals surface area contributed by atoms with Crippen molar-refractivity contribution in [3.8, 4) is 0 Å². The van der Waals surface area contributed by atoms with E-state index in [-0.39, 0.29) is 0 Å². The fourth-order valence-corrected chi connectivity index (χ4v) is 3.80. The van der Waals surface area contributed by atoms with E-state index < -0.39 is 0 Å². The van der Waals surface area contributed by atoms with Gasteiger partial charge < -0.3 is 0 Å². The van der Waals surface area contributed by atoms with Crippen molar-refractivity contribution < 1.29 is 4.79 Å². The van der Waals surface area contributed by atoms with Crippen LogP contribution >= 0.6 is 27.3 Å². The van der Waals surface area contributed by atoms with Gasteiger partial charge in [-0.2, -0.15) is 0 Å². The Hall–Kier alpha value is -0.150. The molecule has 1 fully saturated rings. The first-order valence-electron chi connectivity index (χ1n) is 5.53. The van der Waals surface area contributed by atoms with Crippen LogP contribution in [-0.4, -0.2) is 5.78 Å². The van der Waals surface area contributed by atoms with Crippen LogP contribution < -0.4 is 0 Å². The lowest BCUT2D eigenvalue weighted by atomic mass is 10.00. The van der Waals surface area contributed by atoms with Gasteiger partial charge in [-0.1, -0.05) is 25.7 Å². The van der Waals surface area contributed by atoms with Gasteiger partial charge in [-0.05, 0) is 39.7 Å². The van der Waals surface area contributed by atoms with E-state index >= 15 is 0 Å². The minimum atomic E-state index is 0.309. The molecule has 1 heterocycles. The zero-order valence-corrected chi connectivity index (χ0v) is 11.1. The molecule has 3 heteroatoms. The average molecular weight is 287 g/mol. The van der Waals surface area contributed by atoms with Crippen molar-refractivity contribution in [2.24, 2.45) is 5.92 Å². The SMILES string of the molecule is O=C(CCC1CCCC1)c1sccc1Br. The predicted molar refractivity (Wildman–Crippen MR) is 67.5 cm³/mol. The van der Waals surface area contributed by atoms with E-state index in [1.807, 2.05) is 11.4 Å². The third-order valence-electron chi connectivity index (χ3n) is 3.12. The summed E-state index contributed by atoms with van der Waals surface area (Å²) in [6, 6.07) is 1.95. The fourth-order valence-electron chi connectivity index (χ4n) is 2.24. The Morgan fingerprint density at radius 3 is 2.80 bits per heavy atom. The second kappa shape index (κ2) is 5.26. The van der Waals surface area contributed by atoms with Gasteiger partial charge in [-0.15, -0.1) is 11.3 Å². The molecule has 0 saturated heterocycles. The summed E-state index contributed by atoms with van der Waals surface area (Å²) in [5.74, 6) is 1.12. The molecule has 1 aliphatic carbocycles. The summed E-state index contributed by atoms with van der Waals surface area (Å²) < 4.78 is 0.962. The molecule has 0 aliphatic heterocycles. The summed E-state index contributed by atoms with van der Waals surface area (Å²) in [7, 11) is 0. The van der Waals surface area contributed by atoms with Gasteiger partial charge in [0.15, 0.2) is 5.78 Å². The highest BCUT2D eigenvalue weighted by molar-refractivity contribution is 9.10. The quantitative estimate of drug-likeness (QED) is 0.736. The van der Waals surface area contributed by atoms with E-state index in [1.54, 1.807) is 11.3 Å². The molecule has 0 bridgehead atoms. The number of ketones is 1. The summed E-state index contributed by atoms with van der Waals surface area (Å²) in [4.78, 5) is 12.8. The van der Waals surface area contributed by atoms with Crippen LogP contribution in [0, 0.1) is 5.92 Å². The first-order chi connectivity index (χ1) is 7.27. The van der Waals surface area contributed by atoms with Gasteiger partial charge >= 0.3 is 0 Å². The number of thiophene rings is 1. The molecule has 15 heavy (non-hydrogen) atoms. The Morgan fingerprint density at radius 1 is 1.47 bits per heavy atom. The molecule has 1 aromatic rings. The molecule has 0 spiro atoms. The zero-order valence-electron chi connectivity index (χ0n) is 8.67. The number of hydrogen-bond donors (Lipinski definition) is 0. The van der Waals surface area contributed by atoms with Crippen molar-refractivity contribution in [1.29, 1.82) is 0 Å². The van der Waals surface area contributed by atoms with E-state index in [9.17, 15) is 4.79 Å². The van der Waals surface area contributed by atoms with E-state index in [1.165, 1.54) is 25.7 Å². The Morgan fingerprint density at radius 2 is 2.20 bits per heavy atom. The maximum atomic E-state index is 11.9. The minimum Gasteiger partial charge on any atom is -0.293 e. The molecule has 1 aliphatic rings. The van der Waals surface area contributed by atoms with Crippen molar-refractivity contribution in [2.45, 2.75) is 38.5 Å². The highest BCUT2D eigenvalue weighted by Gasteiger charge is 2.18. The number of carbonyl (C=O) groups excluding carboxylic acids is 1. The summed E-state index contributed by atoms with van der Waals surface area (Å²) in [6.07, 6.45) is 7.20. The van der Waals surface area contributed by atoms with E-state index in [4.69, 9.17) is 0 Å². The summed E-state index contributed by atoms with van der Waals surface area (Å²) in [6.45, 7) is 0. The van der Waals surface area contributed by atoms with Crippen LogP contribution in [0.5, 0.6) is 0 Å². The van der Waals surface area contributed by atoms with E-state index in [0.29, 0.717) is 5.78 Å². The van der Waals surface area contributed by atoms with Crippen molar-refractivity contribution in [2.75, 3.05) is 0 Å². The molecule has 0 unspecified atom stereocenters. The lowest BCUT2D eigenvalue weighted by molar-refractivity contribution is 0.0977. The molecule has 0 atom stereocenters. The van der Waals surface area contributed by atoms with Gasteiger partial charge in [0.1, 0.15) is 0 Å². The smallest absolute Gasteiger partial charge is 0.173 e. The first-order valence-corrected chi connectivity index (χ1v) is 7.21. The lowest BCUT2D eigenvalue weighted by Crippen LogP contribution is -2.01. The average Bonchev–Trinajstić information content (AvgIpc) is 2.84. The maximum absolute atomic E-state index is 11.9. The lowest BCUT2D eigenvalue weighted by Gasteiger charge is -2.06. The third-order valence-corrected chi connectivity index (χ3v) is 5.00. The number of halogens is 1. The van der Waals surface area contributed by atoms with Gasteiger partial charge in [-0.25, -0.2) is 0 Å². The Labute approximate surface area is 103 Å². The Balaban J connectivity index is 1.84. The molecular weight excluding hydrogens is 272 g/mol. The number of hydrogen-bond acceptors (Lipinski definition) is 2. The summed E-state index contributed by atoms with van der Waals surface area (Å²) in [5, 5.41) is 1.97. The Kier molecular flexibility index (Phi) is 3.98. The normalized spacial score (nSPS) is 17.1. The van der Waals surface area contributed by atoms with Gasteiger partial charge in [-0.3, -0.25) is 4.79 Å². The van der Waals surface area contributed by atoms with Crippen LogP contribution in [0.2, 0.25) is 0 Å². The van der Waals surface area contributed by atoms with Crippen molar-refractivity contribution in [3.05, 3.63) is 20.8 Å². The summed E-state index contributed by atoms with van der Waals surface area (Å²) >= 11 is 4.95. The van der Waals surface area contributed by atoms with Gasteiger partial charge in [0.2, 0.25) is 0 Å². The maximum Gasteiger partial charge on any atom is 0.173 e. The van der Waals surface area contributed by atoms with Crippen molar-refractivity contribution in [3.63, 3.8) is 0 Å². The molecular formula is C12H15BrOS. The molecule has 1 nitrogen and oxygen atoms in total. The molecule has 0 N–H and O–H groups in total. The van der Waals surface area contributed by atoms with Crippen LogP contribution in [-0.2, 0) is 0 Å². The van der Waals surface area contributed by atoms with E-state index in [0.717, 1.165) is 28.1 Å². The number of rotatable bonds is 4. The van der Waals surface area contributed by atoms with Crippen molar-refractivity contribution >= 4 is 33.0 Å². The molecule has 82 valence electrons. The Bertz CT molecular complexity index is 339. The third kappa shape index (κ3) is 2.91. The zero-order chi connectivity index (χ0) is 10.7. The first kappa shape index (κ1) is 11.3. The molecule has 0 amide bonds. The number of Topliss-reactive ketones (excluding diaryl/α,β-unsaturated/α-hetero) is 1. The highest BCUT2D eigenvalue weighted by Crippen LogP contribution is 2.30. The second-order valence-corrected chi connectivity index (χ2v) is 5.98. The van der Waals surface area contributed by atoms with Crippen LogP contribution in [0.3, 0.4) is 0 Å². The molecule has 2 rings (SSSR count). The fraction of sp³-hybridized carbons (Fsp3) is 0.583. The van der Waals surface area contributed by atoms with Crippen LogP contribution in [0.15, 0.2) is 15.9 Å². The molecule has 1 saturated carbocycles. The van der Waals surface area contributed by atoms with E-state index in [2.05, 4.69) is 15.9 Å². The van der Waals surface area contributed by atoms with Crippen LogP contribution in [0.4, 0.5) is 0 Å². The van der Waals surface area contributed by atoms with Crippen LogP contribution in [0.25, 0.3) is 0 Å². The minimum absolute atomic E-state index is 0.309. The summed E-state index contributed by atoms with van der Waals surface area (Å²) in [5.41, 5.74) is 0. The van der Waals surface area contributed by atoms with Gasteiger partial charge in [0, 0.05) is 10.9 Å². The standard InChI is InChI=1S/C12H15BrOS/c13-10-7-8-15-12(10)11(14)6-5-9-3-1-2-4-9/h7-9H,1-6H2. The second-order valence-electron chi connectivity index (χ2n) is 4.21. The molecule has 0 aromatic carbocycles. The topological polar surface area (TPSA) is 17.1 Å². The van der Waals surface area contributed by atoms with Gasteiger partial charge in [0.25, 0.3) is 0 Å². The number of carbonyl (C=O) groups is 1. The van der Waals surface area contributed by atoms with Crippen LogP contribution in [0.1, 0.15) is 48.2 Å². The largest absolute Gasteiger partial charge is 0.293 e. The molecule has 1 aromatic heterocycles.